The minimum atomic E-state index is -5.00. The highest BCUT2D eigenvalue weighted by atomic mass is 32.1. The molecule has 0 aliphatic rings. The van der Waals surface area contributed by atoms with E-state index in [2.05, 4.69) is 15.2 Å². The lowest BCUT2D eigenvalue weighted by atomic mass is 10.2. The molecule has 0 fully saturated rings. The molecule has 1 amide bonds. The summed E-state index contributed by atoms with van der Waals surface area (Å²) in [6.07, 6.45) is -5.00. The summed E-state index contributed by atoms with van der Waals surface area (Å²) in [5.41, 5.74) is 2.84. The van der Waals surface area contributed by atoms with E-state index in [1.807, 2.05) is 0 Å². The van der Waals surface area contributed by atoms with Gasteiger partial charge in [-0.15, -0.1) is 24.5 Å². The summed E-state index contributed by atoms with van der Waals surface area (Å²) in [7, 11) is 0. The van der Waals surface area contributed by atoms with E-state index >= 15 is 0 Å². The number of alkyl halides is 3. The molecule has 1 aromatic heterocycles. The van der Waals surface area contributed by atoms with E-state index in [1.165, 1.54) is 16.8 Å². The maximum absolute atomic E-state index is 14.2. The third kappa shape index (κ3) is 5.31. The second-order valence-corrected chi connectivity index (χ2v) is 7.63. The molecule has 0 saturated heterocycles. The molecule has 0 aliphatic carbocycles. The molecule has 11 heteroatoms. The third-order valence-electron chi connectivity index (χ3n) is 4.47. The van der Waals surface area contributed by atoms with Crippen molar-refractivity contribution in [3.8, 4) is 17.0 Å². The number of carbonyl (C=O) groups is 1. The number of ether oxygens (including phenoxy) is 1. The van der Waals surface area contributed by atoms with Crippen LogP contribution in [-0.4, -0.2) is 16.9 Å². The molecule has 1 N–H and O–H groups in total. The molecule has 4 rings (SSSR count). The number of benzene rings is 3. The summed E-state index contributed by atoms with van der Waals surface area (Å²) in [4.78, 5) is 17.1. The second kappa shape index (κ2) is 9.48. The lowest BCUT2D eigenvalue weighted by Gasteiger charge is -2.15. The van der Waals surface area contributed by atoms with E-state index in [0.29, 0.717) is 11.3 Å². The van der Waals surface area contributed by atoms with Crippen LogP contribution in [0.3, 0.4) is 0 Å². The summed E-state index contributed by atoms with van der Waals surface area (Å²) in [5, 5.41) is 1.61. The van der Waals surface area contributed by atoms with Gasteiger partial charge >= 0.3 is 6.36 Å². The molecule has 3 aromatic carbocycles. The van der Waals surface area contributed by atoms with Crippen LogP contribution >= 0.6 is 11.3 Å². The number of aromatic nitrogens is 1. The molecule has 4 aromatic rings. The molecule has 5 nitrogen and oxygen atoms in total. The van der Waals surface area contributed by atoms with Gasteiger partial charge in [-0.3, -0.25) is 10.2 Å². The van der Waals surface area contributed by atoms with Crippen molar-refractivity contribution in [3.63, 3.8) is 0 Å². The van der Waals surface area contributed by atoms with Gasteiger partial charge in [0.15, 0.2) is 0 Å². The lowest BCUT2D eigenvalue weighted by molar-refractivity contribution is -0.274. The summed E-state index contributed by atoms with van der Waals surface area (Å²) in [5.74, 6) is -3.14. The van der Waals surface area contributed by atoms with E-state index < -0.39 is 29.7 Å². The number of rotatable bonds is 5. The largest absolute Gasteiger partial charge is 0.573 e. The van der Waals surface area contributed by atoms with Crippen LogP contribution in [0.1, 0.15) is 10.4 Å². The Morgan fingerprint density at radius 3 is 2.41 bits per heavy atom. The van der Waals surface area contributed by atoms with E-state index in [-0.39, 0.29) is 16.1 Å². The van der Waals surface area contributed by atoms with Gasteiger partial charge in [0.25, 0.3) is 5.91 Å². The number of nitrogens with zero attached hydrogens (tertiary/aromatic N) is 2. The minimum absolute atomic E-state index is 0.0472. The average Bonchev–Trinajstić information content (AvgIpc) is 3.18. The van der Waals surface area contributed by atoms with Crippen molar-refractivity contribution in [2.75, 3.05) is 5.43 Å². The summed E-state index contributed by atoms with van der Waals surface area (Å²) in [6.45, 7) is 0. The van der Waals surface area contributed by atoms with Gasteiger partial charge in [0.1, 0.15) is 23.1 Å². The van der Waals surface area contributed by atoms with Gasteiger partial charge in [0.05, 0.1) is 11.3 Å². The van der Waals surface area contributed by atoms with E-state index in [9.17, 15) is 26.7 Å². The van der Waals surface area contributed by atoms with Gasteiger partial charge in [-0.05, 0) is 24.3 Å². The van der Waals surface area contributed by atoms with Crippen molar-refractivity contribution in [2.45, 2.75) is 6.36 Å². The van der Waals surface area contributed by atoms with Crippen LogP contribution in [0, 0.1) is 11.6 Å². The normalized spacial score (nSPS) is 12.0. The predicted octanol–water partition coefficient (Wildman–Crippen LogP) is 6.01. The number of para-hydroxylation sites is 1. The van der Waals surface area contributed by atoms with Crippen LogP contribution in [0.5, 0.6) is 5.75 Å². The van der Waals surface area contributed by atoms with Crippen molar-refractivity contribution < 1.29 is 31.5 Å². The van der Waals surface area contributed by atoms with Crippen LogP contribution in [-0.2, 0) is 0 Å². The van der Waals surface area contributed by atoms with Crippen LogP contribution < -0.4 is 15.0 Å². The topological polar surface area (TPSA) is 55.6 Å². The Hall–Kier alpha value is -3.99. The Balaban J connectivity index is 1.81. The zero-order valence-electron chi connectivity index (χ0n) is 17.0. The SMILES string of the molecule is O=C(Nn1c(-c2ccccc2)csc1=Nc1cc(F)ccc1F)c1ccccc1OC(F)(F)F. The minimum Gasteiger partial charge on any atom is -0.405 e. The Morgan fingerprint density at radius 1 is 0.971 bits per heavy atom. The second-order valence-electron chi connectivity index (χ2n) is 6.80. The maximum Gasteiger partial charge on any atom is 0.573 e. The molecule has 0 aliphatic heterocycles. The number of halogens is 5. The molecule has 34 heavy (non-hydrogen) atoms. The van der Waals surface area contributed by atoms with E-state index in [4.69, 9.17) is 0 Å². The smallest absolute Gasteiger partial charge is 0.405 e. The number of hydrogen-bond donors (Lipinski definition) is 1. The van der Waals surface area contributed by atoms with Gasteiger partial charge < -0.3 is 4.74 Å². The molecule has 0 saturated carbocycles. The first-order chi connectivity index (χ1) is 16.2. The quantitative estimate of drug-likeness (QED) is 0.348. The fourth-order valence-electron chi connectivity index (χ4n) is 3.01. The zero-order chi connectivity index (χ0) is 24.3. The number of amides is 1. The number of thiazole rings is 1. The Labute approximate surface area is 193 Å². The van der Waals surface area contributed by atoms with Crippen molar-refractivity contribution in [2.24, 2.45) is 4.99 Å². The van der Waals surface area contributed by atoms with E-state index in [1.54, 1.807) is 35.7 Å². The molecule has 0 bridgehead atoms. The standard InChI is InChI=1S/C23H14F5N3O2S/c24-15-10-11-17(25)18(12-15)29-22-31(19(13-34-22)14-6-2-1-3-7-14)30-21(32)16-8-4-5-9-20(16)33-23(26,27)28/h1-13H,(H,30,32). The van der Waals surface area contributed by atoms with Gasteiger partial charge in [-0.2, -0.15) is 0 Å². The molecular weight excluding hydrogens is 477 g/mol. The highest BCUT2D eigenvalue weighted by Crippen LogP contribution is 2.27. The van der Waals surface area contributed by atoms with Crippen molar-refractivity contribution in [3.05, 3.63) is 100 Å². The molecule has 0 spiro atoms. The Kier molecular flexibility index (Phi) is 6.46. The van der Waals surface area contributed by atoms with Gasteiger partial charge in [-0.1, -0.05) is 42.5 Å². The summed E-state index contributed by atoms with van der Waals surface area (Å²) >= 11 is 1.01. The van der Waals surface area contributed by atoms with Gasteiger partial charge in [0, 0.05) is 17.0 Å². The van der Waals surface area contributed by atoms with Crippen LogP contribution in [0.4, 0.5) is 27.6 Å². The molecule has 0 unspecified atom stereocenters. The third-order valence-corrected chi connectivity index (χ3v) is 5.30. The monoisotopic (exact) mass is 491 g/mol. The Bertz CT molecular complexity index is 1400. The van der Waals surface area contributed by atoms with Crippen LogP contribution in [0.2, 0.25) is 0 Å². The fraction of sp³-hybridized carbons (Fsp3) is 0.0435. The maximum atomic E-state index is 14.2. The molecule has 1 heterocycles. The van der Waals surface area contributed by atoms with Gasteiger partial charge in [-0.25, -0.2) is 18.4 Å². The zero-order valence-corrected chi connectivity index (χ0v) is 17.8. The molecular formula is C23H14F5N3O2S. The molecule has 174 valence electrons. The number of carbonyl (C=O) groups excluding carboxylic acids is 1. The first-order valence-electron chi connectivity index (χ1n) is 9.63. The number of nitrogens with one attached hydrogen (secondary N) is 1. The van der Waals surface area contributed by atoms with Crippen LogP contribution in [0.15, 0.2) is 83.2 Å². The average molecular weight is 491 g/mol. The predicted molar refractivity (Wildman–Crippen MR) is 116 cm³/mol. The van der Waals surface area contributed by atoms with Crippen molar-refractivity contribution in [1.82, 2.24) is 4.68 Å². The van der Waals surface area contributed by atoms with Crippen molar-refractivity contribution in [1.29, 1.82) is 0 Å². The summed E-state index contributed by atoms with van der Waals surface area (Å²) < 4.78 is 71.3. The van der Waals surface area contributed by atoms with Crippen molar-refractivity contribution >= 4 is 22.9 Å². The van der Waals surface area contributed by atoms with Gasteiger partial charge in [0.2, 0.25) is 4.80 Å². The first-order valence-corrected chi connectivity index (χ1v) is 10.5. The number of hydrogen-bond acceptors (Lipinski definition) is 4. The fourth-order valence-corrected chi connectivity index (χ4v) is 3.87. The Morgan fingerprint density at radius 2 is 1.68 bits per heavy atom. The van der Waals surface area contributed by atoms with Crippen LogP contribution in [0.25, 0.3) is 11.3 Å². The molecule has 0 atom stereocenters. The summed E-state index contributed by atoms with van der Waals surface area (Å²) in [6, 6.07) is 16.3. The first kappa shape index (κ1) is 23.2. The molecule has 0 radical (unpaired) electrons. The van der Waals surface area contributed by atoms with E-state index in [0.717, 1.165) is 41.7 Å². The highest BCUT2D eigenvalue weighted by molar-refractivity contribution is 7.07. The highest BCUT2D eigenvalue weighted by Gasteiger charge is 2.33. The lowest BCUT2D eigenvalue weighted by Crippen LogP contribution is -2.32.